The third-order valence-corrected chi connectivity index (χ3v) is 6.94. The largest absolute Gasteiger partial charge is 0.381 e. The van der Waals surface area contributed by atoms with Crippen molar-refractivity contribution >= 4 is 28.3 Å². The fraction of sp³-hybridized carbons (Fsp3) is 0.258. The number of hydrogen-bond acceptors (Lipinski definition) is 6. The van der Waals surface area contributed by atoms with Crippen LogP contribution in [-0.4, -0.2) is 40.0 Å². The van der Waals surface area contributed by atoms with Crippen LogP contribution in [0.15, 0.2) is 72.0 Å². The van der Waals surface area contributed by atoms with E-state index < -0.39 is 11.9 Å². The average Bonchev–Trinajstić information content (AvgIpc) is 3.57. The molecule has 0 radical (unpaired) electrons. The predicted molar refractivity (Wildman–Crippen MR) is 158 cm³/mol. The number of rotatable bonds is 7. The van der Waals surface area contributed by atoms with Gasteiger partial charge in [0, 0.05) is 43.1 Å². The molecule has 40 heavy (non-hydrogen) atoms. The number of nitrogens with one attached hydrogen (secondary N) is 2. The van der Waals surface area contributed by atoms with Gasteiger partial charge < -0.3 is 21.1 Å². The van der Waals surface area contributed by atoms with Gasteiger partial charge in [-0.3, -0.25) is 18.8 Å². The number of anilines is 2. The normalized spacial score (nSPS) is 15.3. The molecule has 1 amide bonds. The van der Waals surface area contributed by atoms with E-state index in [1.54, 1.807) is 17.7 Å². The molecule has 9 nitrogen and oxygen atoms in total. The molecule has 2 aromatic heterocycles. The lowest BCUT2D eigenvalue weighted by Gasteiger charge is -2.21. The molecule has 0 saturated carbocycles. The Hall–Kier alpha value is -4.81. The first-order chi connectivity index (χ1) is 19.4. The first kappa shape index (κ1) is 26.8. The van der Waals surface area contributed by atoms with Gasteiger partial charge in [0.25, 0.3) is 11.5 Å². The minimum absolute atomic E-state index is 0.105. The number of amides is 1. The highest BCUT2D eigenvalue weighted by molar-refractivity contribution is 6.03. The lowest BCUT2D eigenvalue weighted by atomic mass is 10.0. The standard InChI is InChI=1S/C31H32N6O3/c1-4-16-33-29-27(28(32)35-36(29)3)30(38)34-20(2)25-18-23-10-8-9-22(14-13-21-15-17-40-19-21)26(23)31(39)37(25)24-11-6-5-7-12-24/h4-12,18,20-21,33H,1,15-17,19H2,2-3H3,(H2,32,35)(H,34,38). The molecule has 2 unspecified atom stereocenters. The summed E-state index contributed by atoms with van der Waals surface area (Å²) in [6.07, 6.45) is 2.57. The van der Waals surface area contributed by atoms with Gasteiger partial charge >= 0.3 is 0 Å². The van der Waals surface area contributed by atoms with Crippen molar-refractivity contribution in [2.45, 2.75) is 19.4 Å². The fourth-order valence-corrected chi connectivity index (χ4v) is 4.96. The molecule has 1 aliphatic heterocycles. The van der Waals surface area contributed by atoms with E-state index in [1.165, 1.54) is 4.68 Å². The van der Waals surface area contributed by atoms with Crippen molar-refractivity contribution < 1.29 is 9.53 Å². The fourth-order valence-electron chi connectivity index (χ4n) is 4.96. The number of benzene rings is 2. The van der Waals surface area contributed by atoms with Gasteiger partial charge in [-0.25, -0.2) is 0 Å². The summed E-state index contributed by atoms with van der Waals surface area (Å²) < 4.78 is 8.61. The van der Waals surface area contributed by atoms with Gasteiger partial charge in [0.05, 0.1) is 18.0 Å². The molecule has 0 bridgehead atoms. The molecule has 9 heteroatoms. The van der Waals surface area contributed by atoms with Crippen molar-refractivity contribution in [1.82, 2.24) is 19.7 Å². The minimum atomic E-state index is -0.554. The molecule has 2 atom stereocenters. The van der Waals surface area contributed by atoms with E-state index in [-0.39, 0.29) is 22.9 Å². The number of hydrogen-bond donors (Lipinski definition) is 3. The van der Waals surface area contributed by atoms with Crippen molar-refractivity contribution in [3.63, 3.8) is 0 Å². The topological polar surface area (TPSA) is 116 Å². The Balaban J connectivity index is 1.59. The van der Waals surface area contributed by atoms with Crippen LogP contribution in [0.2, 0.25) is 0 Å². The summed E-state index contributed by atoms with van der Waals surface area (Å²) in [5, 5.41) is 11.6. The van der Waals surface area contributed by atoms with E-state index in [1.807, 2.05) is 61.5 Å². The first-order valence-electron chi connectivity index (χ1n) is 13.2. The van der Waals surface area contributed by atoms with Crippen molar-refractivity contribution in [2.75, 3.05) is 30.8 Å². The summed E-state index contributed by atoms with van der Waals surface area (Å²) >= 11 is 0. The van der Waals surface area contributed by atoms with Crippen LogP contribution in [0.4, 0.5) is 11.6 Å². The number of nitrogens with zero attached hydrogens (tertiary/aromatic N) is 3. The zero-order valence-electron chi connectivity index (χ0n) is 22.6. The van der Waals surface area contributed by atoms with Crippen LogP contribution in [0.3, 0.4) is 0 Å². The second kappa shape index (κ2) is 11.5. The lowest BCUT2D eigenvalue weighted by molar-refractivity contribution is 0.0940. The van der Waals surface area contributed by atoms with Gasteiger partial charge in [-0.15, -0.1) is 6.58 Å². The van der Waals surface area contributed by atoms with Gasteiger partial charge in [0.1, 0.15) is 11.4 Å². The highest BCUT2D eigenvalue weighted by Crippen LogP contribution is 2.26. The van der Waals surface area contributed by atoms with Crippen LogP contribution in [0.25, 0.3) is 16.5 Å². The Morgan fingerprint density at radius 1 is 1.27 bits per heavy atom. The summed E-state index contributed by atoms with van der Waals surface area (Å²) in [6.45, 7) is 7.31. The minimum Gasteiger partial charge on any atom is -0.381 e. The Morgan fingerprint density at radius 3 is 2.80 bits per heavy atom. The highest BCUT2D eigenvalue weighted by Gasteiger charge is 2.25. The number of nitrogen functional groups attached to an aromatic ring is 1. The molecular weight excluding hydrogens is 504 g/mol. The summed E-state index contributed by atoms with van der Waals surface area (Å²) in [4.78, 5) is 27.6. The molecule has 4 aromatic rings. The maximum Gasteiger partial charge on any atom is 0.264 e. The van der Waals surface area contributed by atoms with Crippen LogP contribution < -0.4 is 21.9 Å². The molecule has 0 aliphatic carbocycles. The molecule has 3 heterocycles. The van der Waals surface area contributed by atoms with Gasteiger partial charge in [-0.05, 0) is 43.0 Å². The average molecular weight is 537 g/mol. The SMILES string of the molecule is C=CCNc1c(C(=O)NC(C)c2cc3cccc(C#CC4CCOC4)c3c(=O)n2-c2ccccc2)c(N)nn1C. The third kappa shape index (κ3) is 5.22. The molecular formula is C31H32N6O3. The number of nitrogens with two attached hydrogens (primary N) is 1. The number of ether oxygens (including phenoxy) is 1. The van der Waals surface area contributed by atoms with E-state index in [4.69, 9.17) is 10.5 Å². The quantitative estimate of drug-likeness (QED) is 0.245. The molecule has 204 valence electrons. The van der Waals surface area contributed by atoms with E-state index in [0.29, 0.717) is 47.9 Å². The van der Waals surface area contributed by atoms with Crippen LogP contribution >= 0.6 is 0 Å². The lowest BCUT2D eigenvalue weighted by Crippen LogP contribution is -2.32. The summed E-state index contributed by atoms with van der Waals surface area (Å²) in [6, 6.07) is 16.4. The number of fused-ring (bicyclic) bond motifs is 1. The van der Waals surface area contributed by atoms with Gasteiger partial charge in [-0.1, -0.05) is 48.2 Å². The van der Waals surface area contributed by atoms with Crippen molar-refractivity contribution in [3.8, 4) is 17.5 Å². The van der Waals surface area contributed by atoms with E-state index in [2.05, 4.69) is 34.2 Å². The maximum absolute atomic E-state index is 14.2. The molecule has 5 rings (SSSR count). The Labute approximate surface area is 232 Å². The number of carbonyl (C=O) groups is 1. The molecule has 1 saturated heterocycles. The molecule has 0 spiro atoms. The van der Waals surface area contributed by atoms with Crippen molar-refractivity contribution in [2.24, 2.45) is 13.0 Å². The summed E-state index contributed by atoms with van der Waals surface area (Å²) in [5.74, 6) is 6.85. The number of aryl methyl sites for hydroxylation is 1. The number of para-hydroxylation sites is 1. The van der Waals surface area contributed by atoms with Crippen LogP contribution in [0, 0.1) is 17.8 Å². The third-order valence-electron chi connectivity index (χ3n) is 6.94. The number of aromatic nitrogens is 3. The second-order valence-electron chi connectivity index (χ2n) is 9.74. The Kier molecular flexibility index (Phi) is 7.71. The van der Waals surface area contributed by atoms with Crippen LogP contribution in [0.5, 0.6) is 0 Å². The first-order valence-corrected chi connectivity index (χ1v) is 13.2. The smallest absolute Gasteiger partial charge is 0.264 e. The van der Waals surface area contributed by atoms with Gasteiger partial charge in [-0.2, -0.15) is 5.10 Å². The zero-order valence-corrected chi connectivity index (χ0v) is 22.6. The number of carbonyl (C=O) groups excluding carboxylic acids is 1. The molecule has 1 aliphatic rings. The van der Waals surface area contributed by atoms with Crippen LogP contribution in [0.1, 0.15) is 41.0 Å². The summed E-state index contributed by atoms with van der Waals surface area (Å²) in [5.41, 5.74) is 8.11. The van der Waals surface area contributed by atoms with Gasteiger partial charge in [0.2, 0.25) is 0 Å². The molecule has 4 N–H and O–H groups in total. The summed E-state index contributed by atoms with van der Waals surface area (Å²) in [7, 11) is 1.71. The molecule has 1 fully saturated rings. The van der Waals surface area contributed by atoms with E-state index >= 15 is 0 Å². The van der Waals surface area contributed by atoms with Crippen molar-refractivity contribution in [1.29, 1.82) is 0 Å². The zero-order chi connectivity index (χ0) is 28.2. The monoisotopic (exact) mass is 536 g/mol. The second-order valence-corrected chi connectivity index (χ2v) is 9.74. The highest BCUT2D eigenvalue weighted by atomic mass is 16.5. The predicted octanol–water partition coefficient (Wildman–Crippen LogP) is 3.78. The Morgan fingerprint density at radius 2 is 2.08 bits per heavy atom. The molecule has 2 aromatic carbocycles. The van der Waals surface area contributed by atoms with Crippen molar-refractivity contribution in [3.05, 3.63) is 94.4 Å². The van der Waals surface area contributed by atoms with E-state index in [9.17, 15) is 9.59 Å². The number of pyridine rings is 1. The Bertz CT molecular complexity index is 1690. The maximum atomic E-state index is 14.2. The van der Waals surface area contributed by atoms with Crippen LogP contribution in [-0.2, 0) is 11.8 Å². The van der Waals surface area contributed by atoms with Gasteiger partial charge in [0.15, 0.2) is 5.82 Å². The van der Waals surface area contributed by atoms with E-state index in [0.717, 1.165) is 11.8 Å².